The molecule has 1 aromatic rings. The van der Waals surface area contributed by atoms with Gasteiger partial charge in [-0.1, -0.05) is 5.21 Å². The largest absolute Gasteiger partial charge is 0.307 e. The molecule has 1 atom stereocenters. The smallest absolute Gasteiger partial charge is 0.188 e. The molecule has 0 radical (unpaired) electrons. The molecular formula is C9H18N6. The third-order valence-electron chi connectivity index (χ3n) is 2.89. The van der Waals surface area contributed by atoms with Crippen LogP contribution in [0.15, 0.2) is 0 Å². The summed E-state index contributed by atoms with van der Waals surface area (Å²) in [6.07, 6.45) is 3.71. The lowest BCUT2D eigenvalue weighted by Crippen LogP contribution is -2.30. The average molecular weight is 210 g/mol. The topological polar surface area (TPSA) is 69.7 Å². The highest BCUT2D eigenvalue weighted by Gasteiger charge is 2.14. The van der Waals surface area contributed by atoms with Gasteiger partial charge in [-0.25, -0.2) is 0 Å². The van der Waals surface area contributed by atoms with Gasteiger partial charge in [-0.15, -0.1) is 10.2 Å². The summed E-state index contributed by atoms with van der Waals surface area (Å²) in [4.78, 5) is 2.38. The van der Waals surface area contributed by atoms with Crippen molar-refractivity contribution in [2.75, 3.05) is 20.1 Å². The van der Waals surface area contributed by atoms with Gasteiger partial charge in [-0.05, 0) is 39.4 Å². The van der Waals surface area contributed by atoms with E-state index in [1.54, 1.807) is 0 Å². The van der Waals surface area contributed by atoms with Gasteiger partial charge in [-0.3, -0.25) is 0 Å². The molecular weight excluding hydrogens is 192 g/mol. The fourth-order valence-corrected chi connectivity index (χ4v) is 1.94. The molecule has 1 unspecified atom stereocenters. The first-order valence-corrected chi connectivity index (χ1v) is 5.49. The van der Waals surface area contributed by atoms with Gasteiger partial charge >= 0.3 is 0 Å². The van der Waals surface area contributed by atoms with Crippen molar-refractivity contribution in [1.29, 1.82) is 0 Å². The molecule has 0 amide bonds. The van der Waals surface area contributed by atoms with Gasteiger partial charge < -0.3 is 10.2 Å². The first-order chi connectivity index (χ1) is 7.34. The van der Waals surface area contributed by atoms with Gasteiger partial charge in [0.25, 0.3) is 0 Å². The number of aromatic amines is 1. The van der Waals surface area contributed by atoms with Gasteiger partial charge in [0.15, 0.2) is 5.82 Å². The molecule has 0 aromatic carbocycles. The van der Waals surface area contributed by atoms with E-state index in [9.17, 15) is 0 Å². The zero-order valence-electron chi connectivity index (χ0n) is 9.11. The number of aromatic nitrogens is 4. The molecule has 1 aliphatic rings. The lowest BCUT2D eigenvalue weighted by molar-refractivity contribution is 0.343. The molecule has 1 saturated heterocycles. The Labute approximate surface area is 89.4 Å². The number of hydrogen-bond donors (Lipinski definition) is 2. The Kier molecular flexibility index (Phi) is 3.63. The van der Waals surface area contributed by atoms with Gasteiger partial charge in [-0.2, -0.15) is 5.21 Å². The summed E-state index contributed by atoms with van der Waals surface area (Å²) in [5.74, 6) is 0.743. The molecule has 1 fully saturated rings. The van der Waals surface area contributed by atoms with Gasteiger partial charge in [0, 0.05) is 6.04 Å². The minimum absolute atomic E-state index is 0.591. The maximum Gasteiger partial charge on any atom is 0.188 e. The second-order valence-electron chi connectivity index (χ2n) is 4.14. The zero-order chi connectivity index (χ0) is 10.5. The fourth-order valence-electron chi connectivity index (χ4n) is 1.94. The number of nitrogens with zero attached hydrogens (tertiary/aromatic N) is 4. The highest BCUT2D eigenvalue weighted by molar-refractivity contribution is 4.79. The summed E-state index contributed by atoms with van der Waals surface area (Å²) >= 11 is 0. The number of rotatable bonds is 3. The molecule has 84 valence electrons. The van der Waals surface area contributed by atoms with Crippen LogP contribution in [0.1, 0.15) is 25.1 Å². The summed E-state index contributed by atoms with van der Waals surface area (Å²) in [7, 11) is 2.18. The molecule has 2 heterocycles. The van der Waals surface area contributed by atoms with E-state index in [2.05, 4.69) is 37.9 Å². The summed E-state index contributed by atoms with van der Waals surface area (Å²) in [5.41, 5.74) is 0. The Bertz CT molecular complexity index is 272. The van der Waals surface area contributed by atoms with Crippen molar-refractivity contribution in [3.8, 4) is 0 Å². The lowest BCUT2D eigenvalue weighted by atomic mass is 10.1. The van der Waals surface area contributed by atoms with E-state index in [-0.39, 0.29) is 0 Å². The molecule has 1 aromatic heterocycles. The Morgan fingerprint density at radius 3 is 3.20 bits per heavy atom. The van der Waals surface area contributed by atoms with E-state index >= 15 is 0 Å². The molecule has 6 heteroatoms. The van der Waals surface area contributed by atoms with Crippen molar-refractivity contribution in [2.45, 2.75) is 31.8 Å². The first kappa shape index (κ1) is 10.5. The second kappa shape index (κ2) is 5.18. The number of hydrogen-bond acceptors (Lipinski definition) is 5. The minimum atomic E-state index is 0.591. The van der Waals surface area contributed by atoms with Crippen LogP contribution in [-0.2, 0) is 6.54 Å². The third-order valence-corrected chi connectivity index (χ3v) is 2.89. The van der Waals surface area contributed by atoms with Gasteiger partial charge in [0.1, 0.15) is 0 Å². The van der Waals surface area contributed by atoms with Crippen LogP contribution in [0.4, 0.5) is 0 Å². The van der Waals surface area contributed by atoms with Crippen LogP contribution in [0.25, 0.3) is 0 Å². The van der Waals surface area contributed by atoms with Gasteiger partial charge in [0.2, 0.25) is 0 Å². The number of nitrogens with one attached hydrogen (secondary N) is 2. The summed E-state index contributed by atoms with van der Waals surface area (Å²) < 4.78 is 0. The number of H-pyrrole nitrogens is 1. The van der Waals surface area contributed by atoms with Crippen LogP contribution in [0, 0.1) is 0 Å². The average Bonchev–Trinajstić information content (AvgIpc) is 2.66. The van der Waals surface area contributed by atoms with Crippen molar-refractivity contribution < 1.29 is 0 Å². The van der Waals surface area contributed by atoms with Crippen LogP contribution >= 0.6 is 0 Å². The van der Waals surface area contributed by atoms with Crippen LogP contribution in [0.3, 0.4) is 0 Å². The predicted molar refractivity (Wildman–Crippen MR) is 56.2 cm³/mol. The number of tetrazole rings is 1. The lowest BCUT2D eigenvalue weighted by Gasteiger charge is -2.15. The molecule has 0 saturated carbocycles. The monoisotopic (exact) mass is 210 g/mol. The zero-order valence-corrected chi connectivity index (χ0v) is 9.11. The molecule has 2 rings (SSSR count). The highest BCUT2D eigenvalue weighted by atomic mass is 15.5. The molecule has 2 N–H and O–H groups in total. The number of likely N-dealkylation sites (tertiary alicyclic amines) is 1. The standard InChI is InChI=1S/C9H18N6/c1-15-5-2-3-8(4-6-15)10-7-9-11-13-14-12-9/h8,10H,2-7H2,1H3,(H,11,12,13,14). The summed E-state index contributed by atoms with van der Waals surface area (Å²) in [6, 6.07) is 0.591. The SMILES string of the molecule is CN1CCCC(NCc2nn[nH]n2)CC1. The van der Waals surface area contributed by atoms with Crippen molar-refractivity contribution in [3.05, 3.63) is 5.82 Å². The predicted octanol–water partition coefficient (Wildman–Crippen LogP) is -0.226. The van der Waals surface area contributed by atoms with Crippen LogP contribution in [0.2, 0.25) is 0 Å². The minimum Gasteiger partial charge on any atom is -0.307 e. The van der Waals surface area contributed by atoms with Crippen molar-refractivity contribution in [1.82, 2.24) is 30.8 Å². The Balaban J connectivity index is 1.74. The Morgan fingerprint density at radius 1 is 1.47 bits per heavy atom. The summed E-state index contributed by atoms with van der Waals surface area (Å²) in [5, 5.41) is 17.3. The van der Waals surface area contributed by atoms with E-state index in [1.807, 2.05) is 0 Å². The van der Waals surface area contributed by atoms with E-state index in [0.717, 1.165) is 5.82 Å². The molecule has 0 spiro atoms. The van der Waals surface area contributed by atoms with Crippen LogP contribution in [-0.4, -0.2) is 51.7 Å². The Hall–Kier alpha value is -1.01. The molecule has 0 aliphatic carbocycles. The van der Waals surface area contributed by atoms with Crippen LogP contribution in [0.5, 0.6) is 0 Å². The maximum atomic E-state index is 3.92. The molecule has 6 nitrogen and oxygen atoms in total. The van der Waals surface area contributed by atoms with Crippen molar-refractivity contribution >= 4 is 0 Å². The van der Waals surface area contributed by atoms with Crippen molar-refractivity contribution in [3.63, 3.8) is 0 Å². The Morgan fingerprint density at radius 2 is 2.40 bits per heavy atom. The van der Waals surface area contributed by atoms with E-state index in [0.29, 0.717) is 12.6 Å². The molecule has 15 heavy (non-hydrogen) atoms. The third kappa shape index (κ3) is 3.24. The fraction of sp³-hybridized carbons (Fsp3) is 0.889. The van der Waals surface area contributed by atoms with E-state index < -0.39 is 0 Å². The first-order valence-electron chi connectivity index (χ1n) is 5.49. The molecule has 1 aliphatic heterocycles. The highest BCUT2D eigenvalue weighted by Crippen LogP contribution is 2.09. The quantitative estimate of drug-likeness (QED) is 0.721. The van der Waals surface area contributed by atoms with Gasteiger partial charge in [0.05, 0.1) is 6.54 Å². The molecule has 0 bridgehead atoms. The van der Waals surface area contributed by atoms with Crippen molar-refractivity contribution in [2.24, 2.45) is 0 Å². The van der Waals surface area contributed by atoms with E-state index in [4.69, 9.17) is 0 Å². The second-order valence-corrected chi connectivity index (χ2v) is 4.14. The maximum absolute atomic E-state index is 3.92. The normalized spacial score (nSPS) is 23.9. The van der Waals surface area contributed by atoms with E-state index in [1.165, 1.54) is 32.4 Å². The summed E-state index contributed by atoms with van der Waals surface area (Å²) in [6.45, 7) is 3.09. The van der Waals surface area contributed by atoms with Crippen LogP contribution < -0.4 is 5.32 Å².